The van der Waals surface area contributed by atoms with Gasteiger partial charge >= 0.3 is 0 Å². The van der Waals surface area contributed by atoms with Gasteiger partial charge in [-0.3, -0.25) is 0 Å². The molecule has 1 atom stereocenters. The Labute approximate surface area is 119 Å². The molecule has 5 heteroatoms. The first-order valence-electron chi connectivity index (χ1n) is 7.55. The molecule has 2 N–H and O–H groups in total. The van der Waals surface area contributed by atoms with Crippen LogP contribution in [0.4, 0.5) is 5.82 Å². The Morgan fingerprint density at radius 1 is 1.50 bits per heavy atom. The quantitative estimate of drug-likeness (QED) is 0.878. The third-order valence-electron chi connectivity index (χ3n) is 3.95. The summed E-state index contributed by atoms with van der Waals surface area (Å²) in [4.78, 5) is 4.45. The molecule has 0 amide bonds. The van der Waals surface area contributed by atoms with Gasteiger partial charge in [0.15, 0.2) is 5.82 Å². The molecule has 5 nitrogen and oxygen atoms in total. The van der Waals surface area contributed by atoms with Gasteiger partial charge in [0.2, 0.25) is 0 Å². The Morgan fingerprint density at radius 2 is 2.40 bits per heavy atom. The largest absolute Gasteiger partial charge is 0.368 e. The first-order valence-corrected chi connectivity index (χ1v) is 7.55. The van der Waals surface area contributed by atoms with Gasteiger partial charge in [-0.15, -0.1) is 0 Å². The fourth-order valence-corrected chi connectivity index (χ4v) is 2.73. The smallest absolute Gasteiger partial charge is 0.152 e. The van der Waals surface area contributed by atoms with Crippen LogP contribution in [0.2, 0.25) is 0 Å². The molecule has 0 saturated carbocycles. The highest BCUT2D eigenvalue weighted by Crippen LogP contribution is 2.20. The van der Waals surface area contributed by atoms with Crippen molar-refractivity contribution < 1.29 is 0 Å². The molecule has 2 aromatic heterocycles. The van der Waals surface area contributed by atoms with Crippen LogP contribution in [0.3, 0.4) is 0 Å². The van der Waals surface area contributed by atoms with Crippen molar-refractivity contribution in [3.05, 3.63) is 24.2 Å². The molecule has 1 aliphatic rings. The van der Waals surface area contributed by atoms with E-state index in [4.69, 9.17) is 0 Å². The predicted octanol–water partition coefficient (Wildman–Crippen LogP) is 2.41. The lowest BCUT2D eigenvalue weighted by molar-refractivity contribution is 0.574. The Hall–Kier alpha value is -1.62. The average molecular weight is 273 g/mol. The van der Waals surface area contributed by atoms with Crippen LogP contribution >= 0.6 is 0 Å². The predicted molar refractivity (Wildman–Crippen MR) is 81.2 cm³/mol. The van der Waals surface area contributed by atoms with Crippen molar-refractivity contribution in [2.45, 2.75) is 45.1 Å². The second-order valence-electron chi connectivity index (χ2n) is 5.84. The SMILES string of the molecule is CC(C)c1cc2c(NCC[C@@H]3CCCN3)nccn2n1. The molecular formula is C15H23N5. The van der Waals surface area contributed by atoms with Gasteiger partial charge in [0, 0.05) is 25.0 Å². The van der Waals surface area contributed by atoms with E-state index in [1.165, 1.54) is 19.4 Å². The fraction of sp³-hybridized carbons (Fsp3) is 0.600. The van der Waals surface area contributed by atoms with E-state index in [1.54, 1.807) is 6.20 Å². The van der Waals surface area contributed by atoms with E-state index >= 15 is 0 Å². The maximum atomic E-state index is 4.58. The van der Waals surface area contributed by atoms with Crippen molar-refractivity contribution in [3.8, 4) is 0 Å². The molecule has 0 unspecified atom stereocenters. The molecular weight excluding hydrogens is 250 g/mol. The van der Waals surface area contributed by atoms with Crippen molar-refractivity contribution >= 4 is 11.3 Å². The first kappa shape index (κ1) is 13.4. The van der Waals surface area contributed by atoms with Crippen molar-refractivity contribution in [2.24, 2.45) is 0 Å². The van der Waals surface area contributed by atoms with E-state index in [-0.39, 0.29) is 0 Å². The normalized spacial score (nSPS) is 19.1. The van der Waals surface area contributed by atoms with E-state index < -0.39 is 0 Å². The van der Waals surface area contributed by atoms with Crippen molar-refractivity contribution in [2.75, 3.05) is 18.4 Å². The highest BCUT2D eigenvalue weighted by Gasteiger charge is 2.14. The average Bonchev–Trinajstić information content (AvgIpc) is 3.07. The molecule has 0 aliphatic carbocycles. The summed E-state index contributed by atoms with van der Waals surface area (Å²) < 4.78 is 1.92. The van der Waals surface area contributed by atoms with E-state index in [0.717, 1.165) is 30.0 Å². The van der Waals surface area contributed by atoms with E-state index in [2.05, 4.69) is 40.6 Å². The Morgan fingerprint density at radius 3 is 3.15 bits per heavy atom. The van der Waals surface area contributed by atoms with Crippen LogP contribution in [0, 0.1) is 0 Å². The molecule has 3 rings (SSSR count). The Bertz CT molecular complexity index is 569. The maximum Gasteiger partial charge on any atom is 0.152 e. The lowest BCUT2D eigenvalue weighted by Crippen LogP contribution is -2.24. The lowest BCUT2D eigenvalue weighted by Gasteiger charge is -2.11. The summed E-state index contributed by atoms with van der Waals surface area (Å²) >= 11 is 0. The van der Waals surface area contributed by atoms with Gasteiger partial charge in [-0.2, -0.15) is 5.10 Å². The summed E-state index contributed by atoms with van der Waals surface area (Å²) in [5, 5.41) is 11.6. The third kappa shape index (κ3) is 2.77. The van der Waals surface area contributed by atoms with Crippen LogP contribution < -0.4 is 10.6 Å². The van der Waals surface area contributed by atoms with Gasteiger partial charge in [0.25, 0.3) is 0 Å². The van der Waals surface area contributed by atoms with Crippen molar-refractivity contribution in [3.63, 3.8) is 0 Å². The zero-order valence-electron chi connectivity index (χ0n) is 12.3. The third-order valence-corrected chi connectivity index (χ3v) is 3.95. The monoisotopic (exact) mass is 273 g/mol. The van der Waals surface area contributed by atoms with E-state index in [1.807, 2.05) is 10.7 Å². The number of fused-ring (bicyclic) bond motifs is 1. The van der Waals surface area contributed by atoms with Gasteiger partial charge in [-0.05, 0) is 37.8 Å². The summed E-state index contributed by atoms with van der Waals surface area (Å²) in [6.07, 6.45) is 7.46. The van der Waals surface area contributed by atoms with Crippen LogP contribution in [0.25, 0.3) is 5.52 Å². The number of nitrogens with one attached hydrogen (secondary N) is 2. The minimum absolute atomic E-state index is 0.436. The molecule has 1 aliphatic heterocycles. The second-order valence-corrected chi connectivity index (χ2v) is 5.84. The molecule has 1 saturated heterocycles. The Balaban J connectivity index is 1.70. The molecule has 0 spiro atoms. The number of hydrogen-bond acceptors (Lipinski definition) is 4. The topological polar surface area (TPSA) is 54.2 Å². The highest BCUT2D eigenvalue weighted by atomic mass is 15.2. The van der Waals surface area contributed by atoms with Gasteiger partial charge in [-0.25, -0.2) is 9.50 Å². The first-order chi connectivity index (χ1) is 9.74. The molecule has 0 bridgehead atoms. The molecule has 2 aromatic rings. The zero-order valence-corrected chi connectivity index (χ0v) is 12.3. The summed E-state index contributed by atoms with van der Waals surface area (Å²) in [6, 6.07) is 2.80. The molecule has 20 heavy (non-hydrogen) atoms. The van der Waals surface area contributed by atoms with Crippen molar-refractivity contribution in [1.29, 1.82) is 0 Å². The van der Waals surface area contributed by atoms with E-state index in [0.29, 0.717) is 12.0 Å². The molecule has 0 aromatic carbocycles. The van der Waals surface area contributed by atoms with E-state index in [9.17, 15) is 0 Å². The van der Waals surface area contributed by atoms with Gasteiger partial charge in [-0.1, -0.05) is 13.8 Å². The van der Waals surface area contributed by atoms with Gasteiger partial charge in [0.05, 0.1) is 5.69 Å². The van der Waals surface area contributed by atoms with Crippen LogP contribution in [0.15, 0.2) is 18.5 Å². The van der Waals surface area contributed by atoms with Gasteiger partial charge in [0.1, 0.15) is 5.52 Å². The lowest BCUT2D eigenvalue weighted by atomic mass is 10.1. The summed E-state index contributed by atoms with van der Waals surface area (Å²) in [5.41, 5.74) is 2.18. The standard InChI is InChI=1S/C15H23N5/c1-11(2)13-10-14-15(18-8-9-20(14)19-13)17-7-5-12-4-3-6-16-12/h8-12,16H,3-7H2,1-2H3,(H,17,18)/t12-/m0/s1. The zero-order chi connectivity index (χ0) is 13.9. The minimum Gasteiger partial charge on any atom is -0.368 e. The van der Waals surface area contributed by atoms with Crippen LogP contribution in [-0.2, 0) is 0 Å². The summed E-state index contributed by atoms with van der Waals surface area (Å²) in [7, 11) is 0. The number of aromatic nitrogens is 3. The van der Waals surface area contributed by atoms with Gasteiger partial charge < -0.3 is 10.6 Å². The molecule has 108 valence electrons. The second kappa shape index (κ2) is 5.79. The molecule has 3 heterocycles. The number of rotatable bonds is 5. The van der Waals surface area contributed by atoms with Crippen LogP contribution in [-0.4, -0.2) is 33.7 Å². The van der Waals surface area contributed by atoms with Crippen molar-refractivity contribution in [1.82, 2.24) is 19.9 Å². The molecule has 0 radical (unpaired) electrons. The number of hydrogen-bond donors (Lipinski definition) is 2. The number of nitrogens with zero attached hydrogens (tertiary/aromatic N) is 3. The molecule has 1 fully saturated rings. The maximum absolute atomic E-state index is 4.58. The highest BCUT2D eigenvalue weighted by molar-refractivity contribution is 5.67. The Kier molecular flexibility index (Phi) is 3.87. The summed E-state index contributed by atoms with van der Waals surface area (Å²) in [5.74, 6) is 1.37. The number of anilines is 1. The summed E-state index contributed by atoms with van der Waals surface area (Å²) in [6.45, 7) is 6.44. The van der Waals surface area contributed by atoms with Crippen LogP contribution in [0.1, 0.15) is 44.7 Å². The van der Waals surface area contributed by atoms with Crippen LogP contribution in [0.5, 0.6) is 0 Å². The fourth-order valence-electron chi connectivity index (χ4n) is 2.73. The minimum atomic E-state index is 0.436.